The third-order valence-electron chi connectivity index (χ3n) is 5.20. The summed E-state index contributed by atoms with van der Waals surface area (Å²) in [5, 5.41) is 3.95. The van der Waals surface area contributed by atoms with Crippen LogP contribution < -0.4 is 5.32 Å². The number of hydrogen-bond acceptors (Lipinski definition) is 1. The fourth-order valence-corrected chi connectivity index (χ4v) is 8.77. The predicted octanol–water partition coefficient (Wildman–Crippen LogP) is 7.31. The van der Waals surface area contributed by atoms with Gasteiger partial charge in [0.05, 0.1) is 18.5 Å². The Morgan fingerprint density at radius 3 is 1.70 bits per heavy atom. The molecule has 1 aromatic rings. The Bertz CT molecular complexity index is 535. The molecule has 1 radical (unpaired) electrons. The summed E-state index contributed by atoms with van der Waals surface area (Å²) in [5.74, 6) is 0.204. The first-order valence-electron chi connectivity index (χ1n) is 10.3. The molecule has 0 aliphatic rings. The normalized spacial score (nSPS) is 11.2. The number of carbonyl (C=O) groups is 1. The van der Waals surface area contributed by atoms with Crippen molar-refractivity contribution in [2.24, 2.45) is 0 Å². The van der Waals surface area contributed by atoms with Gasteiger partial charge in [-0.15, -0.1) is 0 Å². The molecule has 0 bridgehead atoms. The SMILES string of the molecule is CCCC[P+](CCCC)(CCCC)CC(=O)Nc1c(C)cc(Cl)cc1C.[Y]. The molecule has 0 saturated carbocycles. The van der Waals surface area contributed by atoms with Crippen LogP contribution in [0.15, 0.2) is 12.1 Å². The van der Waals surface area contributed by atoms with Crippen LogP contribution in [0.5, 0.6) is 0 Å². The summed E-state index contributed by atoms with van der Waals surface area (Å²) in [7, 11) is -1.22. The van der Waals surface area contributed by atoms with Crippen LogP contribution in [0, 0.1) is 13.8 Å². The van der Waals surface area contributed by atoms with Crippen LogP contribution in [0.25, 0.3) is 0 Å². The molecular formula is C22H38ClNOPY+. The summed E-state index contributed by atoms with van der Waals surface area (Å²) in [4.78, 5) is 13.0. The van der Waals surface area contributed by atoms with Crippen LogP contribution in [0.2, 0.25) is 5.02 Å². The predicted molar refractivity (Wildman–Crippen MR) is 121 cm³/mol. The van der Waals surface area contributed by atoms with E-state index in [4.69, 9.17) is 11.6 Å². The summed E-state index contributed by atoms with van der Waals surface area (Å²) in [6, 6.07) is 3.86. The molecular weight excluding hydrogens is 450 g/mol. The van der Waals surface area contributed by atoms with Crippen molar-refractivity contribution in [2.45, 2.75) is 73.1 Å². The van der Waals surface area contributed by atoms with Crippen LogP contribution in [-0.4, -0.2) is 30.6 Å². The van der Waals surface area contributed by atoms with Crippen molar-refractivity contribution < 1.29 is 37.5 Å². The minimum atomic E-state index is -1.22. The minimum absolute atomic E-state index is 0. The number of hydrogen-bond donors (Lipinski definition) is 1. The molecule has 0 heterocycles. The van der Waals surface area contributed by atoms with E-state index in [-0.39, 0.29) is 38.6 Å². The molecule has 151 valence electrons. The van der Waals surface area contributed by atoms with E-state index in [2.05, 4.69) is 26.1 Å². The van der Waals surface area contributed by atoms with Crippen molar-refractivity contribution in [1.82, 2.24) is 0 Å². The van der Waals surface area contributed by atoms with Crippen molar-refractivity contribution in [1.29, 1.82) is 0 Å². The van der Waals surface area contributed by atoms with E-state index < -0.39 is 7.26 Å². The monoisotopic (exact) mass is 487 g/mol. The van der Waals surface area contributed by atoms with Crippen LogP contribution in [0.1, 0.15) is 70.4 Å². The van der Waals surface area contributed by atoms with Gasteiger partial charge in [0.2, 0.25) is 0 Å². The van der Waals surface area contributed by atoms with Crippen molar-refractivity contribution in [3.8, 4) is 0 Å². The zero-order valence-electron chi connectivity index (χ0n) is 18.0. The Balaban J connectivity index is 0.00000676. The van der Waals surface area contributed by atoms with Crippen LogP contribution >= 0.6 is 18.9 Å². The summed E-state index contributed by atoms with van der Waals surface area (Å²) < 4.78 is 0. The molecule has 1 aromatic carbocycles. The van der Waals surface area contributed by atoms with Gasteiger partial charge >= 0.3 is 0 Å². The number of rotatable bonds is 12. The van der Waals surface area contributed by atoms with E-state index in [1.807, 2.05) is 26.0 Å². The Morgan fingerprint density at radius 2 is 1.33 bits per heavy atom. The maximum Gasteiger partial charge on any atom is 0.261 e. The van der Waals surface area contributed by atoms with Crippen molar-refractivity contribution in [2.75, 3.05) is 30.0 Å². The number of halogens is 1. The average Bonchev–Trinajstić information content (AvgIpc) is 2.59. The number of carbonyl (C=O) groups excluding carboxylic acids is 1. The van der Waals surface area contributed by atoms with Gasteiger partial charge in [0.25, 0.3) is 5.91 Å². The van der Waals surface area contributed by atoms with Gasteiger partial charge in [0, 0.05) is 50.7 Å². The minimum Gasteiger partial charge on any atom is -0.322 e. The van der Waals surface area contributed by atoms with Gasteiger partial charge in [0.1, 0.15) is 6.16 Å². The van der Waals surface area contributed by atoms with Gasteiger partial charge in [-0.1, -0.05) is 51.6 Å². The zero-order valence-corrected chi connectivity index (χ0v) is 22.5. The first-order valence-corrected chi connectivity index (χ1v) is 13.2. The molecule has 5 heteroatoms. The van der Waals surface area contributed by atoms with Gasteiger partial charge in [0.15, 0.2) is 0 Å². The second-order valence-corrected chi connectivity index (χ2v) is 12.5. The van der Waals surface area contributed by atoms with Gasteiger partial charge in [-0.05, 0) is 56.4 Å². The molecule has 0 saturated heterocycles. The molecule has 27 heavy (non-hydrogen) atoms. The largest absolute Gasteiger partial charge is 0.322 e. The molecule has 1 amide bonds. The number of anilines is 1. The molecule has 0 fully saturated rings. The average molecular weight is 488 g/mol. The van der Waals surface area contributed by atoms with Crippen molar-refractivity contribution in [3.05, 3.63) is 28.3 Å². The fraction of sp³-hybridized carbons (Fsp3) is 0.682. The van der Waals surface area contributed by atoms with E-state index in [0.29, 0.717) is 0 Å². The number of aryl methyl sites for hydroxylation is 2. The molecule has 1 rings (SSSR count). The number of unbranched alkanes of at least 4 members (excludes halogenated alkanes) is 3. The number of nitrogens with one attached hydrogen (secondary N) is 1. The standard InChI is InChI=1S/C22H37ClNOP.Y/c1-6-9-12-26(13-10-7-2,14-11-8-3)17-21(25)24-22-18(4)15-20(23)16-19(22)5;/h15-16H,6-14,17H2,1-5H3;/p+1. The number of benzene rings is 1. The van der Waals surface area contributed by atoms with Crippen molar-refractivity contribution >= 4 is 30.5 Å². The summed E-state index contributed by atoms with van der Waals surface area (Å²) >= 11 is 6.13. The van der Waals surface area contributed by atoms with Crippen LogP contribution in [0.4, 0.5) is 5.69 Å². The Morgan fingerprint density at radius 1 is 0.926 bits per heavy atom. The topological polar surface area (TPSA) is 29.1 Å². The maximum atomic E-state index is 13.0. The zero-order chi connectivity index (χ0) is 19.6. The quantitative estimate of drug-likeness (QED) is 0.308. The molecule has 0 aliphatic carbocycles. The van der Waals surface area contributed by atoms with E-state index in [1.165, 1.54) is 57.0 Å². The first-order chi connectivity index (χ1) is 12.4. The summed E-state index contributed by atoms with van der Waals surface area (Å²) in [6.07, 6.45) is 12.0. The van der Waals surface area contributed by atoms with Gasteiger partial charge in [-0.3, -0.25) is 4.79 Å². The van der Waals surface area contributed by atoms with Crippen molar-refractivity contribution in [3.63, 3.8) is 0 Å². The Hall–Kier alpha value is 0.514. The molecule has 0 aliphatic heterocycles. The first kappa shape index (κ1) is 27.5. The van der Waals surface area contributed by atoms with Gasteiger partial charge < -0.3 is 5.32 Å². The Kier molecular flexibility index (Phi) is 14.8. The Labute approximate surface area is 198 Å². The molecule has 2 nitrogen and oxygen atoms in total. The maximum absolute atomic E-state index is 13.0. The molecule has 0 spiro atoms. The van der Waals surface area contributed by atoms with E-state index >= 15 is 0 Å². The molecule has 0 atom stereocenters. The molecule has 1 N–H and O–H groups in total. The smallest absolute Gasteiger partial charge is 0.261 e. The number of amides is 1. The second kappa shape index (κ2) is 14.5. The fourth-order valence-electron chi connectivity index (χ4n) is 3.64. The van der Waals surface area contributed by atoms with Gasteiger partial charge in [-0.25, -0.2) is 0 Å². The molecule has 0 aromatic heterocycles. The van der Waals surface area contributed by atoms with Gasteiger partial charge in [-0.2, -0.15) is 0 Å². The summed E-state index contributed by atoms with van der Waals surface area (Å²) in [5.41, 5.74) is 3.03. The van der Waals surface area contributed by atoms with Crippen LogP contribution in [0.3, 0.4) is 0 Å². The third kappa shape index (κ3) is 9.71. The van der Waals surface area contributed by atoms with Crippen LogP contribution in [-0.2, 0) is 37.5 Å². The summed E-state index contributed by atoms with van der Waals surface area (Å²) in [6.45, 7) is 10.8. The third-order valence-corrected chi connectivity index (χ3v) is 10.2. The molecule has 0 unspecified atom stereocenters. The van der Waals surface area contributed by atoms with E-state index in [1.54, 1.807) is 0 Å². The van der Waals surface area contributed by atoms with E-state index in [9.17, 15) is 4.79 Å². The van der Waals surface area contributed by atoms with E-state index in [0.717, 1.165) is 28.0 Å². The second-order valence-electron chi connectivity index (χ2n) is 7.69.